The fourth-order valence-corrected chi connectivity index (χ4v) is 2.11. The van der Waals surface area contributed by atoms with Gasteiger partial charge in [0, 0.05) is 18.6 Å². The number of nitrogens with zero attached hydrogens (tertiary/aromatic N) is 3. The zero-order chi connectivity index (χ0) is 14.5. The third kappa shape index (κ3) is 3.20. The zero-order valence-corrected chi connectivity index (χ0v) is 11.4. The Balaban J connectivity index is 2.05. The zero-order valence-electron chi connectivity index (χ0n) is 11.4. The Kier molecular flexibility index (Phi) is 4.45. The Labute approximate surface area is 117 Å². The molecule has 0 unspecified atom stereocenters. The Bertz CT molecular complexity index is 537. The number of hydrogen-bond acceptors (Lipinski definition) is 4. The molecule has 0 radical (unpaired) electrons. The standard InChI is InChI=1S/C14H17N3O3/c1-2-3-4-13-15-9-14(18)16(13)10-11-5-7-12(8-6-11)17(19)20/h5-8H,2-4,9-10H2,1H3. The lowest BCUT2D eigenvalue weighted by atomic mass is 10.1. The molecule has 0 bridgehead atoms. The van der Waals surface area contributed by atoms with Crippen molar-refractivity contribution in [3.05, 3.63) is 39.9 Å². The monoisotopic (exact) mass is 275 g/mol. The second-order valence-electron chi connectivity index (χ2n) is 4.74. The Hall–Kier alpha value is -2.24. The van der Waals surface area contributed by atoms with Crippen molar-refractivity contribution in [1.29, 1.82) is 0 Å². The molecule has 1 amide bonds. The molecule has 0 aliphatic carbocycles. The number of amidine groups is 1. The van der Waals surface area contributed by atoms with Crippen LogP contribution in [0, 0.1) is 10.1 Å². The molecule has 1 aromatic carbocycles. The van der Waals surface area contributed by atoms with Crippen LogP contribution in [-0.4, -0.2) is 28.1 Å². The first-order valence-electron chi connectivity index (χ1n) is 6.69. The van der Waals surface area contributed by atoms with Crippen LogP contribution in [0.25, 0.3) is 0 Å². The van der Waals surface area contributed by atoms with E-state index in [1.807, 2.05) is 0 Å². The number of carbonyl (C=O) groups excluding carboxylic acids is 1. The van der Waals surface area contributed by atoms with E-state index in [2.05, 4.69) is 11.9 Å². The lowest BCUT2D eigenvalue weighted by Crippen LogP contribution is -2.31. The summed E-state index contributed by atoms with van der Waals surface area (Å²) in [5.74, 6) is 0.824. The molecule has 1 heterocycles. The van der Waals surface area contributed by atoms with E-state index in [0.717, 1.165) is 30.7 Å². The number of nitro groups is 1. The summed E-state index contributed by atoms with van der Waals surface area (Å²) in [6.45, 7) is 2.74. The number of aliphatic imine (C=N–C) groups is 1. The Morgan fingerprint density at radius 3 is 2.65 bits per heavy atom. The van der Waals surface area contributed by atoms with Gasteiger partial charge in [0.05, 0.1) is 11.5 Å². The number of carbonyl (C=O) groups is 1. The summed E-state index contributed by atoms with van der Waals surface area (Å²) in [4.78, 5) is 27.9. The van der Waals surface area contributed by atoms with Gasteiger partial charge in [0.1, 0.15) is 12.4 Å². The number of nitro benzene ring substituents is 1. The van der Waals surface area contributed by atoms with Crippen LogP contribution >= 0.6 is 0 Å². The largest absolute Gasteiger partial charge is 0.295 e. The van der Waals surface area contributed by atoms with Crippen LogP contribution in [0.5, 0.6) is 0 Å². The molecule has 2 rings (SSSR count). The van der Waals surface area contributed by atoms with E-state index in [1.54, 1.807) is 17.0 Å². The van der Waals surface area contributed by atoms with Crippen LogP contribution in [0.15, 0.2) is 29.3 Å². The van der Waals surface area contributed by atoms with E-state index in [-0.39, 0.29) is 18.1 Å². The van der Waals surface area contributed by atoms with Crippen molar-refractivity contribution in [2.24, 2.45) is 4.99 Å². The molecule has 0 saturated carbocycles. The third-order valence-electron chi connectivity index (χ3n) is 3.25. The average Bonchev–Trinajstić information content (AvgIpc) is 2.78. The fraction of sp³-hybridized carbons (Fsp3) is 0.429. The number of hydrogen-bond donors (Lipinski definition) is 0. The van der Waals surface area contributed by atoms with Crippen molar-refractivity contribution in [2.45, 2.75) is 32.7 Å². The van der Waals surface area contributed by atoms with E-state index in [4.69, 9.17) is 0 Å². The van der Waals surface area contributed by atoms with Crippen molar-refractivity contribution in [1.82, 2.24) is 4.90 Å². The molecule has 106 valence electrons. The van der Waals surface area contributed by atoms with Crippen molar-refractivity contribution in [2.75, 3.05) is 6.54 Å². The van der Waals surface area contributed by atoms with Gasteiger partial charge in [-0.15, -0.1) is 0 Å². The van der Waals surface area contributed by atoms with E-state index in [0.29, 0.717) is 6.54 Å². The molecule has 20 heavy (non-hydrogen) atoms. The number of non-ortho nitro benzene ring substituents is 1. The summed E-state index contributed by atoms with van der Waals surface area (Å²) in [5, 5.41) is 10.6. The second kappa shape index (κ2) is 6.27. The summed E-state index contributed by atoms with van der Waals surface area (Å²) in [6, 6.07) is 6.28. The van der Waals surface area contributed by atoms with Crippen LogP contribution < -0.4 is 0 Å². The summed E-state index contributed by atoms with van der Waals surface area (Å²) in [6.07, 6.45) is 2.86. The summed E-state index contributed by atoms with van der Waals surface area (Å²) >= 11 is 0. The van der Waals surface area contributed by atoms with Gasteiger partial charge in [-0.05, 0) is 12.0 Å². The predicted molar refractivity (Wildman–Crippen MR) is 75.5 cm³/mol. The van der Waals surface area contributed by atoms with Gasteiger partial charge in [0.2, 0.25) is 5.91 Å². The molecule has 0 spiro atoms. The van der Waals surface area contributed by atoms with Gasteiger partial charge < -0.3 is 0 Å². The summed E-state index contributed by atoms with van der Waals surface area (Å²) in [5.41, 5.74) is 0.927. The molecule has 1 aliphatic rings. The minimum atomic E-state index is -0.432. The molecular formula is C14H17N3O3. The molecule has 1 aromatic rings. The molecule has 1 aliphatic heterocycles. The number of benzene rings is 1. The first-order chi connectivity index (χ1) is 9.61. The summed E-state index contributed by atoms with van der Waals surface area (Å²) in [7, 11) is 0. The Morgan fingerprint density at radius 1 is 1.35 bits per heavy atom. The molecule has 0 aromatic heterocycles. The van der Waals surface area contributed by atoms with Gasteiger partial charge in [0.25, 0.3) is 5.69 Å². The highest BCUT2D eigenvalue weighted by Gasteiger charge is 2.24. The van der Waals surface area contributed by atoms with Crippen molar-refractivity contribution >= 4 is 17.4 Å². The lowest BCUT2D eigenvalue weighted by Gasteiger charge is -2.18. The highest BCUT2D eigenvalue weighted by atomic mass is 16.6. The normalized spacial score (nSPS) is 14.6. The van der Waals surface area contributed by atoms with Gasteiger partial charge >= 0.3 is 0 Å². The van der Waals surface area contributed by atoms with Crippen LogP contribution in [-0.2, 0) is 11.3 Å². The molecule has 0 N–H and O–H groups in total. The quantitative estimate of drug-likeness (QED) is 0.591. The summed E-state index contributed by atoms with van der Waals surface area (Å²) < 4.78 is 0. The van der Waals surface area contributed by atoms with E-state index in [1.165, 1.54) is 12.1 Å². The van der Waals surface area contributed by atoms with Gasteiger partial charge in [-0.1, -0.05) is 25.5 Å². The van der Waals surface area contributed by atoms with Gasteiger partial charge in [-0.2, -0.15) is 0 Å². The van der Waals surface area contributed by atoms with E-state index < -0.39 is 4.92 Å². The fourth-order valence-electron chi connectivity index (χ4n) is 2.11. The van der Waals surface area contributed by atoms with E-state index in [9.17, 15) is 14.9 Å². The maximum absolute atomic E-state index is 11.8. The minimum Gasteiger partial charge on any atom is -0.295 e. The van der Waals surface area contributed by atoms with E-state index >= 15 is 0 Å². The third-order valence-corrected chi connectivity index (χ3v) is 3.25. The maximum Gasteiger partial charge on any atom is 0.269 e. The van der Waals surface area contributed by atoms with Gasteiger partial charge in [-0.25, -0.2) is 0 Å². The van der Waals surface area contributed by atoms with Gasteiger partial charge in [0.15, 0.2) is 0 Å². The number of rotatable bonds is 6. The highest BCUT2D eigenvalue weighted by Crippen LogP contribution is 2.17. The van der Waals surface area contributed by atoms with Crippen LogP contribution in [0.4, 0.5) is 5.69 Å². The van der Waals surface area contributed by atoms with Crippen molar-refractivity contribution in [3.63, 3.8) is 0 Å². The number of amides is 1. The van der Waals surface area contributed by atoms with Crippen molar-refractivity contribution in [3.8, 4) is 0 Å². The maximum atomic E-state index is 11.8. The first kappa shape index (κ1) is 14.2. The molecule has 0 fully saturated rings. The van der Waals surface area contributed by atoms with Gasteiger partial charge in [-0.3, -0.25) is 24.8 Å². The topological polar surface area (TPSA) is 75.8 Å². The Morgan fingerprint density at radius 2 is 2.05 bits per heavy atom. The molecule has 0 saturated heterocycles. The van der Waals surface area contributed by atoms with Crippen LogP contribution in [0.3, 0.4) is 0 Å². The average molecular weight is 275 g/mol. The molecule has 6 nitrogen and oxygen atoms in total. The lowest BCUT2D eigenvalue weighted by molar-refractivity contribution is -0.384. The smallest absolute Gasteiger partial charge is 0.269 e. The second-order valence-corrected chi connectivity index (χ2v) is 4.74. The number of unbranched alkanes of at least 4 members (excludes halogenated alkanes) is 1. The van der Waals surface area contributed by atoms with Crippen LogP contribution in [0.1, 0.15) is 31.7 Å². The predicted octanol–water partition coefficient (Wildman–Crippen LogP) is 2.53. The molecule has 6 heteroatoms. The highest BCUT2D eigenvalue weighted by molar-refractivity contribution is 6.03. The molecular weight excluding hydrogens is 258 g/mol. The van der Waals surface area contributed by atoms with Crippen LogP contribution in [0.2, 0.25) is 0 Å². The van der Waals surface area contributed by atoms with Crippen molar-refractivity contribution < 1.29 is 9.72 Å². The molecule has 0 atom stereocenters. The SMILES string of the molecule is CCCCC1=NCC(=O)N1Cc1ccc([N+](=O)[O-])cc1. The first-order valence-corrected chi connectivity index (χ1v) is 6.69. The minimum absolute atomic E-state index is 0.00513.